The molecule has 0 bridgehead atoms. The van der Waals surface area contributed by atoms with Gasteiger partial charge in [0.15, 0.2) is 6.10 Å². The average molecular weight is 454 g/mol. The van der Waals surface area contributed by atoms with Gasteiger partial charge in [-0.05, 0) is 50.3 Å². The predicted molar refractivity (Wildman–Crippen MR) is 120 cm³/mol. The van der Waals surface area contributed by atoms with Gasteiger partial charge in [-0.15, -0.1) is 11.3 Å². The number of fused-ring (bicyclic) bond motifs is 1. The Bertz CT molecular complexity index is 1140. The Kier molecular flexibility index (Phi) is 6.36. The van der Waals surface area contributed by atoms with Gasteiger partial charge in [0.1, 0.15) is 10.8 Å². The van der Waals surface area contributed by atoms with Crippen LogP contribution >= 0.6 is 11.3 Å². The van der Waals surface area contributed by atoms with Gasteiger partial charge in [-0.25, -0.2) is 14.6 Å². The lowest BCUT2D eigenvalue weighted by Crippen LogP contribution is -2.30. The monoisotopic (exact) mass is 453 g/mol. The molecule has 1 unspecified atom stereocenters. The molecule has 1 aliphatic carbocycles. The summed E-state index contributed by atoms with van der Waals surface area (Å²) in [7, 11) is 1.32. The zero-order valence-corrected chi connectivity index (χ0v) is 18.6. The van der Waals surface area contributed by atoms with Crippen molar-refractivity contribution in [1.82, 2.24) is 9.97 Å². The topological polar surface area (TPSA) is 110 Å². The van der Waals surface area contributed by atoms with Crippen LogP contribution < -0.4 is 5.32 Å². The summed E-state index contributed by atoms with van der Waals surface area (Å²) >= 11 is 1.38. The lowest BCUT2D eigenvalue weighted by atomic mass is 9.95. The highest BCUT2D eigenvalue weighted by Crippen LogP contribution is 2.38. The van der Waals surface area contributed by atoms with Crippen molar-refractivity contribution in [1.29, 1.82) is 0 Å². The summed E-state index contributed by atoms with van der Waals surface area (Å²) in [5, 5.41) is 3.20. The van der Waals surface area contributed by atoms with Crippen LogP contribution in [0.5, 0.6) is 0 Å². The first-order valence-electron chi connectivity index (χ1n) is 10.3. The van der Waals surface area contributed by atoms with E-state index in [-0.39, 0.29) is 0 Å². The van der Waals surface area contributed by atoms with Gasteiger partial charge < -0.3 is 19.8 Å². The molecule has 0 saturated heterocycles. The third-order valence-electron chi connectivity index (χ3n) is 5.34. The lowest BCUT2D eigenvalue weighted by Gasteiger charge is -2.14. The molecule has 0 fully saturated rings. The van der Waals surface area contributed by atoms with Crippen LogP contribution in [-0.2, 0) is 27.1 Å². The number of aromatic amines is 1. The third-order valence-corrected chi connectivity index (χ3v) is 6.55. The second-order valence-corrected chi connectivity index (χ2v) is 8.56. The Morgan fingerprint density at radius 3 is 2.56 bits per heavy atom. The summed E-state index contributed by atoms with van der Waals surface area (Å²) in [6.07, 6.45) is 6.02. The first-order valence-corrected chi connectivity index (χ1v) is 11.1. The smallest absolute Gasteiger partial charge is 0.341 e. The van der Waals surface area contributed by atoms with E-state index >= 15 is 0 Å². The Labute approximate surface area is 189 Å². The summed E-state index contributed by atoms with van der Waals surface area (Å²) in [4.78, 5) is 45.8. The van der Waals surface area contributed by atoms with E-state index in [2.05, 4.69) is 15.3 Å². The highest BCUT2D eigenvalue weighted by Gasteiger charge is 2.28. The Balaban J connectivity index is 1.44. The van der Waals surface area contributed by atoms with Gasteiger partial charge in [-0.2, -0.15) is 0 Å². The number of amides is 1. The van der Waals surface area contributed by atoms with Crippen LogP contribution in [0.3, 0.4) is 0 Å². The van der Waals surface area contributed by atoms with Gasteiger partial charge in [0.25, 0.3) is 5.91 Å². The maximum Gasteiger partial charge on any atom is 0.341 e. The summed E-state index contributed by atoms with van der Waals surface area (Å²) in [6.45, 7) is 1.50. The molecule has 1 atom stereocenters. The van der Waals surface area contributed by atoms with Gasteiger partial charge in [0, 0.05) is 22.8 Å². The number of hydrogen-bond donors (Lipinski definition) is 2. The molecule has 8 nitrogen and oxygen atoms in total. The number of anilines is 1. The number of benzene rings is 1. The SMILES string of the molecule is COC(=O)c1c(NC(=O)C(C)OC(=O)c2ccc(-c3ncc[nH]3)cc2)sc2c1CCCC2. The van der Waals surface area contributed by atoms with Gasteiger partial charge in [-0.3, -0.25) is 4.79 Å². The summed E-state index contributed by atoms with van der Waals surface area (Å²) in [5.41, 5.74) is 2.51. The zero-order valence-electron chi connectivity index (χ0n) is 17.8. The number of carbonyl (C=O) groups excluding carboxylic acids is 3. The first-order chi connectivity index (χ1) is 15.5. The highest BCUT2D eigenvalue weighted by molar-refractivity contribution is 7.17. The molecule has 1 amide bonds. The van der Waals surface area contributed by atoms with Crippen molar-refractivity contribution in [3.8, 4) is 11.4 Å². The first kappa shape index (κ1) is 21.8. The fourth-order valence-electron chi connectivity index (χ4n) is 3.65. The maximum atomic E-state index is 12.7. The molecule has 1 aliphatic rings. The van der Waals surface area contributed by atoms with Gasteiger partial charge in [0.2, 0.25) is 0 Å². The molecule has 0 saturated carbocycles. The van der Waals surface area contributed by atoms with E-state index in [0.717, 1.165) is 41.7 Å². The molecule has 4 rings (SSSR count). The number of rotatable bonds is 6. The lowest BCUT2D eigenvalue weighted by molar-refractivity contribution is -0.123. The highest BCUT2D eigenvalue weighted by atomic mass is 32.1. The summed E-state index contributed by atoms with van der Waals surface area (Å²) in [5.74, 6) is -0.898. The number of thiophene rings is 1. The predicted octanol–water partition coefficient (Wildman–Crippen LogP) is 3.99. The van der Waals surface area contributed by atoms with Crippen molar-refractivity contribution >= 4 is 34.2 Å². The summed E-state index contributed by atoms with van der Waals surface area (Å²) in [6, 6.07) is 6.74. The van der Waals surface area contributed by atoms with Gasteiger partial charge in [0.05, 0.1) is 18.2 Å². The molecule has 0 aliphatic heterocycles. The van der Waals surface area contributed by atoms with Gasteiger partial charge in [-0.1, -0.05) is 12.1 Å². The van der Waals surface area contributed by atoms with E-state index in [0.29, 0.717) is 22.0 Å². The Hall–Kier alpha value is -3.46. The van der Waals surface area contributed by atoms with E-state index in [1.54, 1.807) is 36.7 Å². The zero-order chi connectivity index (χ0) is 22.7. The molecule has 166 valence electrons. The van der Waals surface area contributed by atoms with Crippen molar-refractivity contribution < 1.29 is 23.9 Å². The van der Waals surface area contributed by atoms with Crippen molar-refractivity contribution in [3.63, 3.8) is 0 Å². The minimum atomic E-state index is -1.04. The number of esters is 2. The van der Waals surface area contributed by atoms with E-state index < -0.39 is 23.9 Å². The summed E-state index contributed by atoms with van der Waals surface area (Å²) < 4.78 is 10.3. The van der Waals surface area contributed by atoms with E-state index in [1.165, 1.54) is 25.4 Å². The van der Waals surface area contributed by atoms with Crippen LogP contribution in [0, 0.1) is 0 Å². The third kappa shape index (κ3) is 4.43. The fourth-order valence-corrected chi connectivity index (χ4v) is 4.94. The number of ether oxygens (including phenoxy) is 2. The standard InChI is InChI=1S/C23H23N3O5S/c1-13(31-22(28)15-9-7-14(8-10-15)19-24-11-12-25-19)20(27)26-21-18(23(29)30-2)16-5-3-4-6-17(16)32-21/h7-13H,3-6H2,1-2H3,(H,24,25)(H,26,27). The maximum absolute atomic E-state index is 12.7. The Morgan fingerprint density at radius 1 is 1.12 bits per heavy atom. The largest absolute Gasteiger partial charge is 0.465 e. The second-order valence-electron chi connectivity index (χ2n) is 7.46. The molecule has 3 aromatic rings. The van der Waals surface area contributed by atoms with Crippen molar-refractivity contribution in [2.75, 3.05) is 12.4 Å². The molecule has 32 heavy (non-hydrogen) atoms. The van der Waals surface area contributed by atoms with E-state index in [1.807, 2.05) is 0 Å². The van der Waals surface area contributed by atoms with Crippen molar-refractivity contribution in [2.24, 2.45) is 0 Å². The molecular formula is C23H23N3O5S. The number of nitrogens with zero attached hydrogens (tertiary/aromatic N) is 1. The van der Waals surface area contributed by atoms with Crippen LogP contribution in [0.15, 0.2) is 36.7 Å². The molecular weight excluding hydrogens is 430 g/mol. The fraction of sp³-hybridized carbons (Fsp3) is 0.304. The molecule has 2 aromatic heterocycles. The number of aryl methyl sites for hydroxylation is 1. The number of H-pyrrole nitrogens is 1. The van der Waals surface area contributed by atoms with Crippen LogP contribution in [-0.4, -0.2) is 41.0 Å². The molecule has 2 heterocycles. The molecule has 0 spiro atoms. The number of carbonyl (C=O) groups is 3. The average Bonchev–Trinajstić information content (AvgIpc) is 3.46. The number of methoxy groups -OCH3 is 1. The van der Waals surface area contributed by atoms with Crippen molar-refractivity contribution in [3.05, 3.63) is 58.2 Å². The molecule has 1 aromatic carbocycles. The molecule has 9 heteroatoms. The van der Waals surface area contributed by atoms with Crippen LogP contribution in [0.1, 0.15) is 50.9 Å². The van der Waals surface area contributed by atoms with Crippen LogP contribution in [0.2, 0.25) is 0 Å². The van der Waals surface area contributed by atoms with Crippen LogP contribution in [0.4, 0.5) is 5.00 Å². The number of aromatic nitrogens is 2. The minimum absolute atomic E-state index is 0.321. The number of imidazole rings is 1. The Morgan fingerprint density at radius 2 is 1.88 bits per heavy atom. The minimum Gasteiger partial charge on any atom is -0.465 e. The number of hydrogen-bond acceptors (Lipinski definition) is 7. The number of nitrogens with one attached hydrogen (secondary N) is 2. The van der Waals surface area contributed by atoms with Gasteiger partial charge >= 0.3 is 11.9 Å². The van der Waals surface area contributed by atoms with Crippen molar-refractivity contribution in [2.45, 2.75) is 38.7 Å². The van der Waals surface area contributed by atoms with E-state index in [4.69, 9.17) is 9.47 Å². The quantitative estimate of drug-likeness (QED) is 0.546. The second kappa shape index (κ2) is 9.35. The van der Waals surface area contributed by atoms with Crippen LogP contribution in [0.25, 0.3) is 11.4 Å². The molecule has 0 radical (unpaired) electrons. The normalized spacial score (nSPS) is 13.7. The van der Waals surface area contributed by atoms with E-state index in [9.17, 15) is 14.4 Å². The molecule has 2 N–H and O–H groups in total.